The standard InChI is InChI=1S/C15H20ClNO/c16-15-13(12-3-2-8-17-9-12)4-1-5-14(15)18-10-11-6-7-11/h1,4-5,11-12,17H,2-3,6-10H2. The van der Waals surface area contributed by atoms with Crippen molar-refractivity contribution in [1.82, 2.24) is 5.32 Å². The van der Waals surface area contributed by atoms with E-state index in [9.17, 15) is 0 Å². The van der Waals surface area contributed by atoms with E-state index in [1.807, 2.05) is 6.07 Å². The minimum Gasteiger partial charge on any atom is -0.492 e. The van der Waals surface area contributed by atoms with E-state index in [-0.39, 0.29) is 0 Å². The van der Waals surface area contributed by atoms with Gasteiger partial charge in [-0.1, -0.05) is 23.7 Å². The summed E-state index contributed by atoms with van der Waals surface area (Å²) >= 11 is 6.49. The van der Waals surface area contributed by atoms with Crippen LogP contribution in [0, 0.1) is 5.92 Å². The van der Waals surface area contributed by atoms with Crippen molar-refractivity contribution < 1.29 is 4.74 Å². The zero-order valence-corrected chi connectivity index (χ0v) is 11.4. The molecule has 2 aliphatic rings. The first kappa shape index (κ1) is 12.3. The van der Waals surface area contributed by atoms with Gasteiger partial charge >= 0.3 is 0 Å². The molecule has 0 bridgehead atoms. The molecule has 1 unspecified atom stereocenters. The van der Waals surface area contributed by atoms with E-state index in [1.54, 1.807) is 0 Å². The molecule has 0 radical (unpaired) electrons. The highest BCUT2D eigenvalue weighted by Crippen LogP contribution is 2.37. The van der Waals surface area contributed by atoms with Crippen molar-refractivity contribution >= 4 is 11.6 Å². The summed E-state index contributed by atoms with van der Waals surface area (Å²) in [7, 11) is 0. The highest BCUT2D eigenvalue weighted by molar-refractivity contribution is 6.32. The summed E-state index contributed by atoms with van der Waals surface area (Å²) in [6.45, 7) is 2.99. The van der Waals surface area contributed by atoms with E-state index in [4.69, 9.17) is 16.3 Å². The number of hydrogen-bond acceptors (Lipinski definition) is 2. The minimum absolute atomic E-state index is 0.538. The second-order valence-electron chi connectivity index (χ2n) is 5.46. The number of piperidine rings is 1. The summed E-state index contributed by atoms with van der Waals surface area (Å²) in [6, 6.07) is 6.20. The summed E-state index contributed by atoms with van der Waals surface area (Å²) in [4.78, 5) is 0. The summed E-state index contributed by atoms with van der Waals surface area (Å²) in [5, 5.41) is 4.27. The first-order valence-corrected chi connectivity index (χ1v) is 7.34. The SMILES string of the molecule is Clc1c(OCC2CC2)cccc1C1CCCNC1. The smallest absolute Gasteiger partial charge is 0.138 e. The van der Waals surface area contributed by atoms with E-state index in [0.29, 0.717) is 5.92 Å². The fourth-order valence-corrected chi connectivity index (χ4v) is 2.90. The third kappa shape index (κ3) is 2.81. The largest absolute Gasteiger partial charge is 0.492 e. The zero-order valence-electron chi connectivity index (χ0n) is 10.6. The quantitative estimate of drug-likeness (QED) is 0.898. The van der Waals surface area contributed by atoms with Gasteiger partial charge in [0.1, 0.15) is 5.75 Å². The Morgan fingerprint density at radius 3 is 2.89 bits per heavy atom. The molecule has 1 aromatic carbocycles. The predicted octanol–water partition coefficient (Wildman–Crippen LogP) is 3.60. The molecule has 2 fully saturated rings. The van der Waals surface area contributed by atoms with Crippen LogP contribution in [0.5, 0.6) is 5.75 Å². The lowest BCUT2D eigenvalue weighted by molar-refractivity contribution is 0.299. The molecule has 1 aromatic rings. The molecule has 0 aromatic heterocycles. The fraction of sp³-hybridized carbons (Fsp3) is 0.600. The summed E-state index contributed by atoms with van der Waals surface area (Å²) in [5.74, 6) is 2.17. The Hall–Kier alpha value is -0.730. The molecule has 1 N–H and O–H groups in total. The number of hydrogen-bond donors (Lipinski definition) is 1. The number of benzene rings is 1. The molecule has 0 amide bonds. The van der Waals surface area contributed by atoms with Gasteiger partial charge in [0.15, 0.2) is 0 Å². The van der Waals surface area contributed by atoms with E-state index in [0.717, 1.165) is 36.4 Å². The topological polar surface area (TPSA) is 21.3 Å². The molecule has 3 rings (SSSR count). The summed E-state index contributed by atoms with van der Waals surface area (Å²) in [5.41, 5.74) is 1.25. The number of nitrogens with one attached hydrogen (secondary N) is 1. The molecule has 1 heterocycles. The van der Waals surface area contributed by atoms with Crippen molar-refractivity contribution in [3.8, 4) is 5.75 Å². The Labute approximate surface area is 114 Å². The summed E-state index contributed by atoms with van der Waals surface area (Å²) in [6.07, 6.45) is 5.07. The van der Waals surface area contributed by atoms with Gasteiger partial charge in [-0.05, 0) is 55.7 Å². The lowest BCUT2D eigenvalue weighted by atomic mass is 9.91. The van der Waals surface area contributed by atoms with Crippen LogP contribution in [0.1, 0.15) is 37.2 Å². The van der Waals surface area contributed by atoms with Crippen LogP contribution in [0.15, 0.2) is 18.2 Å². The number of rotatable bonds is 4. The highest BCUT2D eigenvalue weighted by atomic mass is 35.5. The first-order chi connectivity index (χ1) is 8.84. The van der Waals surface area contributed by atoms with Gasteiger partial charge in [0, 0.05) is 6.54 Å². The molecule has 98 valence electrons. The zero-order chi connectivity index (χ0) is 12.4. The Morgan fingerprint density at radius 2 is 2.17 bits per heavy atom. The maximum absolute atomic E-state index is 6.49. The maximum Gasteiger partial charge on any atom is 0.138 e. The van der Waals surface area contributed by atoms with Crippen LogP contribution in [-0.2, 0) is 0 Å². The number of halogens is 1. The Bertz CT molecular complexity index is 411. The van der Waals surface area contributed by atoms with E-state index < -0.39 is 0 Å². The van der Waals surface area contributed by atoms with Crippen LogP contribution >= 0.6 is 11.6 Å². The average Bonchev–Trinajstić information content (AvgIpc) is 3.23. The molecule has 1 aliphatic heterocycles. The minimum atomic E-state index is 0.538. The molecule has 1 saturated carbocycles. The molecule has 0 spiro atoms. The molecule has 1 atom stereocenters. The third-order valence-corrected chi connectivity index (χ3v) is 4.31. The van der Waals surface area contributed by atoms with Crippen LogP contribution in [0.4, 0.5) is 0 Å². The van der Waals surface area contributed by atoms with Crippen molar-refractivity contribution in [2.24, 2.45) is 5.92 Å². The first-order valence-electron chi connectivity index (χ1n) is 6.96. The molecule has 3 heteroatoms. The van der Waals surface area contributed by atoms with Gasteiger partial charge in [0.05, 0.1) is 11.6 Å². The normalized spacial score (nSPS) is 23.9. The van der Waals surface area contributed by atoms with Crippen LogP contribution in [0.25, 0.3) is 0 Å². The van der Waals surface area contributed by atoms with E-state index in [1.165, 1.54) is 31.2 Å². The van der Waals surface area contributed by atoms with Crippen LogP contribution in [0.2, 0.25) is 5.02 Å². The Balaban J connectivity index is 1.73. The van der Waals surface area contributed by atoms with Crippen molar-refractivity contribution in [2.45, 2.75) is 31.6 Å². The molecule has 1 aliphatic carbocycles. The second-order valence-corrected chi connectivity index (χ2v) is 5.83. The van der Waals surface area contributed by atoms with Gasteiger partial charge in [-0.25, -0.2) is 0 Å². The van der Waals surface area contributed by atoms with Crippen LogP contribution in [-0.4, -0.2) is 19.7 Å². The van der Waals surface area contributed by atoms with Crippen molar-refractivity contribution in [2.75, 3.05) is 19.7 Å². The molecule has 2 nitrogen and oxygen atoms in total. The molecular formula is C15H20ClNO. The Morgan fingerprint density at radius 1 is 1.28 bits per heavy atom. The molecule has 18 heavy (non-hydrogen) atoms. The van der Waals surface area contributed by atoms with Gasteiger partial charge in [-0.2, -0.15) is 0 Å². The molecular weight excluding hydrogens is 246 g/mol. The van der Waals surface area contributed by atoms with E-state index >= 15 is 0 Å². The summed E-state index contributed by atoms with van der Waals surface area (Å²) < 4.78 is 5.84. The van der Waals surface area contributed by atoms with Gasteiger partial charge in [-0.3, -0.25) is 0 Å². The van der Waals surface area contributed by atoms with Crippen LogP contribution in [0.3, 0.4) is 0 Å². The lowest BCUT2D eigenvalue weighted by Crippen LogP contribution is -2.28. The molecule has 1 saturated heterocycles. The van der Waals surface area contributed by atoms with Gasteiger partial charge in [-0.15, -0.1) is 0 Å². The number of ether oxygens (including phenoxy) is 1. The van der Waals surface area contributed by atoms with E-state index in [2.05, 4.69) is 17.4 Å². The third-order valence-electron chi connectivity index (χ3n) is 3.90. The van der Waals surface area contributed by atoms with Crippen molar-refractivity contribution in [3.05, 3.63) is 28.8 Å². The van der Waals surface area contributed by atoms with Crippen molar-refractivity contribution in [3.63, 3.8) is 0 Å². The predicted molar refractivity (Wildman–Crippen MR) is 74.5 cm³/mol. The lowest BCUT2D eigenvalue weighted by Gasteiger charge is -2.24. The average molecular weight is 266 g/mol. The van der Waals surface area contributed by atoms with Crippen LogP contribution < -0.4 is 10.1 Å². The van der Waals surface area contributed by atoms with Gasteiger partial charge < -0.3 is 10.1 Å². The maximum atomic E-state index is 6.49. The second kappa shape index (κ2) is 5.50. The van der Waals surface area contributed by atoms with Crippen molar-refractivity contribution in [1.29, 1.82) is 0 Å². The Kier molecular flexibility index (Phi) is 3.76. The highest BCUT2D eigenvalue weighted by Gasteiger charge is 2.23. The fourth-order valence-electron chi connectivity index (χ4n) is 2.56. The van der Waals surface area contributed by atoms with Gasteiger partial charge in [0.2, 0.25) is 0 Å². The van der Waals surface area contributed by atoms with Gasteiger partial charge in [0.25, 0.3) is 0 Å². The monoisotopic (exact) mass is 265 g/mol.